The molecule has 0 atom stereocenters. The van der Waals surface area contributed by atoms with Crippen molar-refractivity contribution < 1.29 is 5.11 Å². The predicted octanol–water partition coefficient (Wildman–Crippen LogP) is 2.01. The molecule has 3 heteroatoms. The standard InChI is InChI=1S/C13H16ClNO/c1-2-15(10-11-16)9-5-7-12-6-3-4-8-13(12)14/h3-4,6,8,16H,2,9-11H2,1H3. The molecular weight excluding hydrogens is 222 g/mol. The molecule has 0 aliphatic rings. The third-order valence-corrected chi connectivity index (χ3v) is 2.59. The normalized spacial score (nSPS) is 10.0. The first-order valence-electron chi connectivity index (χ1n) is 5.34. The lowest BCUT2D eigenvalue weighted by atomic mass is 10.2. The van der Waals surface area contributed by atoms with Crippen molar-refractivity contribution in [3.63, 3.8) is 0 Å². The van der Waals surface area contributed by atoms with Crippen LogP contribution in [0.1, 0.15) is 12.5 Å². The van der Waals surface area contributed by atoms with Crippen LogP contribution in [0.25, 0.3) is 0 Å². The fraction of sp³-hybridized carbons (Fsp3) is 0.385. The zero-order valence-corrected chi connectivity index (χ0v) is 10.2. The summed E-state index contributed by atoms with van der Waals surface area (Å²) in [5, 5.41) is 9.50. The molecule has 0 amide bonds. The van der Waals surface area contributed by atoms with Gasteiger partial charge < -0.3 is 5.11 Å². The van der Waals surface area contributed by atoms with Crippen LogP contribution in [-0.2, 0) is 0 Å². The second kappa shape index (κ2) is 7.29. The molecule has 0 fully saturated rings. The van der Waals surface area contributed by atoms with Crippen molar-refractivity contribution in [2.45, 2.75) is 6.92 Å². The van der Waals surface area contributed by atoms with Crippen LogP contribution in [0.4, 0.5) is 0 Å². The number of benzene rings is 1. The van der Waals surface area contributed by atoms with Crippen LogP contribution in [0.2, 0.25) is 5.02 Å². The quantitative estimate of drug-likeness (QED) is 0.810. The number of likely N-dealkylation sites (N-methyl/N-ethyl adjacent to an activating group) is 1. The van der Waals surface area contributed by atoms with Gasteiger partial charge in [-0.15, -0.1) is 0 Å². The zero-order chi connectivity index (χ0) is 11.8. The van der Waals surface area contributed by atoms with Crippen LogP contribution in [0.5, 0.6) is 0 Å². The summed E-state index contributed by atoms with van der Waals surface area (Å²) in [5.41, 5.74) is 0.851. The van der Waals surface area contributed by atoms with Gasteiger partial charge in [-0.25, -0.2) is 0 Å². The lowest BCUT2D eigenvalue weighted by molar-refractivity contribution is 0.216. The first-order valence-corrected chi connectivity index (χ1v) is 5.72. The molecule has 0 heterocycles. The van der Waals surface area contributed by atoms with E-state index in [0.29, 0.717) is 18.1 Å². The maximum absolute atomic E-state index is 8.82. The number of hydrogen-bond donors (Lipinski definition) is 1. The second-order valence-corrected chi connectivity index (χ2v) is 3.78. The molecule has 0 saturated carbocycles. The Morgan fingerprint density at radius 3 is 2.75 bits per heavy atom. The highest BCUT2D eigenvalue weighted by Crippen LogP contribution is 2.12. The summed E-state index contributed by atoms with van der Waals surface area (Å²) in [6.07, 6.45) is 0. The largest absolute Gasteiger partial charge is 0.395 e. The topological polar surface area (TPSA) is 23.5 Å². The van der Waals surface area contributed by atoms with Crippen molar-refractivity contribution in [1.82, 2.24) is 4.90 Å². The Hall–Kier alpha value is -1.01. The molecule has 0 bridgehead atoms. The number of hydrogen-bond acceptors (Lipinski definition) is 2. The van der Waals surface area contributed by atoms with E-state index in [9.17, 15) is 0 Å². The summed E-state index contributed by atoms with van der Waals surface area (Å²) in [7, 11) is 0. The van der Waals surface area contributed by atoms with Crippen LogP contribution in [-0.4, -0.2) is 36.2 Å². The molecule has 16 heavy (non-hydrogen) atoms. The molecule has 0 unspecified atom stereocenters. The Bertz CT molecular complexity index is 381. The number of rotatable bonds is 4. The fourth-order valence-electron chi connectivity index (χ4n) is 1.30. The Balaban J connectivity index is 2.58. The van der Waals surface area contributed by atoms with Crippen LogP contribution >= 0.6 is 11.6 Å². The highest BCUT2D eigenvalue weighted by molar-refractivity contribution is 6.31. The molecule has 1 N–H and O–H groups in total. The smallest absolute Gasteiger partial charge is 0.0606 e. The number of halogens is 1. The Labute approximate surface area is 102 Å². The first kappa shape index (κ1) is 13.1. The van der Waals surface area contributed by atoms with Gasteiger partial charge in [0.05, 0.1) is 18.2 Å². The van der Waals surface area contributed by atoms with Gasteiger partial charge >= 0.3 is 0 Å². The van der Waals surface area contributed by atoms with Crippen LogP contribution < -0.4 is 0 Å². The second-order valence-electron chi connectivity index (χ2n) is 3.37. The average molecular weight is 238 g/mol. The van der Waals surface area contributed by atoms with Gasteiger partial charge in [-0.1, -0.05) is 42.5 Å². The molecular formula is C13H16ClNO. The minimum atomic E-state index is 0.168. The summed E-state index contributed by atoms with van der Waals surface area (Å²) in [6, 6.07) is 7.54. The lowest BCUT2D eigenvalue weighted by Gasteiger charge is -2.14. The zero-order valence-electron chi connectivity index (χ0n) is 9.41. The highest BCUT2D eigenvalue weighted by Gasteiger charge is 1.97. The molecule has 2 nitrogen and oxygen atoms in total. The SMILES string of the molecule is CCN(CC#Cc1ccccc1Cl)CCO. The Morgan fingerprint density at radius 1 is 1.38 bits per heavy atom. The van der Waals surface area contributed by atoms with Gasteiger partial charge in [-0.05, 0) is 18.7 Å². The average Bonchev–Trinajstić information content (AvgIpc) is 2.30. The molecule has 86 valence electrons. The van der Waals surface area contributed by atoms with Gasteiger partial charge in [0, 0.05) is 12.1 Å². The number of aliphatic hydroxyl groups excluding tert-OH is 1. The molecule has 0 radical (unpaired) electrons. The first-order chi connectivity index (χ1) is 7.77. The number of aliphatic hydroxyl groups is 1. The van der Waals surface area contributed by atoms with E-state index in [2.05, 4.69) is 16.7 Å². The van der Waals surface area contributed by atoms with Gasteiger partial charge in [-0.2, -0.15) is 0 Å². The minimum Gasteiger partial charge on any atom is -0.395 e. The third kappa shape index (κ3) is 4.24. The summed E-state index contributed by atoms with van der Waals surface area (Å²) in [6.45, 7) is 4.42. The van der Waals surface area contributed by atoms with Crippen molar-refractivity contribution in [3.8, 4) is 11.8 Å². The molecule has 1 aromatic carbocycles. The molecule has 0 aliphatic heterocycles. The van der Waals surface area contributed by atoms with E-state index in [-0.39, 0.29) is 6.61 Å². The predicted molar refractivity (Wildman–Crippen MR) is 67.5 cm³/mol. The van der Waals surface area contributed by atoms with Crippen LogP contribution in [0.3, 0.4) is 0 Å². The molecule has 1 aromatic rings. The molecule has 0 spiro atoms. The van der Waals surface area contributed by atoms with Gasteiger partial charge in [-0.3, -0.25) is 4.90 Å². The van der Waals surface area contributed by atoms with Gasteiger partial charge in [0.1, 0.15) is 0 Å². The third-order valence-electron chi connectivity index (χ3n) is 2.26. The van der Waals surface area contributed by atoms with Crippen LogP contribution in [0, 0.1) is 11.8 Å². The Kier molecular flexibility index (Phi) is 5.95. The van der Waals surface area contributed by atoms with E-state index < -0.39 is 0 Å². The van der Waals surface area contributed by atoms with E-state index >= 15 is 0 Å². The van der Waals surface area contributed by atoms with Crippen molar-refractivity contribution in [3.05, 3.63) is 34.9 Å². The summed E-state index contributed by atoms with van der Waals surface area (Å²) >= 11 is 5.98. The molecule has 0 saturated heterocycles. The van der Waals surface area contributed by atoms with Crippen molar-refractivity contribution in [2.24, 2.45) is 0 Å². The van der Waals surface area contributed by atoms with Crippen molar-refractivity contribution in [2.75, 3.05) is 26.2 Å². The highest BCUT2D eigenvalue weighted by atomic mass is 35.5. The maximum Gasteiger partial charge on any atom is 0.0606 e. The van der Waals surface area contributed by atoms with Crippen LogP contribution in [0.15, 0.2) is 24.3 Å². The van der Waals surface area contributed by atoms with E-state index in [1.165, 1.54) is 0 Å². The molecule has 0 aliphatic carbocycles. The van der Waals surface area contributed by atoms with Crippen molar-refractivity contribution in [1.29, 1.82) is 0 Å². The summed E-state index contributed by atoms with van der Waals surface area (Å²) in [4.78, 5) is 2.07. The van der Waals surface area contributed by atoms with E-state index in [4.69, 9.17) is 16.7 Å². The summed E-state index contributed by atoms with van der Waals surface area (Å²) < 4.78 is 0. The Morgan fingerprint density at radius 2 is 2.12 bits per heavy atom. The van der Waals surface area contributed by atoms with Gasteiger partial charge in [0.15, 0.2) is 0 Å². The monoisotopic (exact) mass is 237 g/mol. The van der Waals surface area contributed by atoms with Crippen molar-refractivity contribution >= 4 is 11.6 Å². The van der Waals surface area contributed by atoms with Gasteiger partial charge in [0.25, 0.3) is 0 Å². The van der Waals surface area contributed by atoms with E-state index in [1.807, 2.05) is 31.2 Å². The maximum atomic E-state index is 8.82. The lowest BCUT2D eigenvalue weighted by Crippen LogP contribution is -2.26. The minimum absolute atomic E-state index is 0.168. The fourth-order valence-corrected chi connectivity index (χ4v) is 1.48. The van der Waals surface area contributed by atoms with E-state index in [1.54, 1.807) is 0 Å². The molecule has 0 aromatic heterocycles. The van der Waals surface area contributed by atoms with Gasteiger partial charge in [0.2, 0.25) is 0 Å². The molecule has 1 rings (SSSR count). The van der Waals surface area contributed by atoms with E-state index in [0.717, 1.165) is 12.1 Å². The summed E-state index contributed by atoms with van der Waals surface area (Å²) in [5.74, 6) is 6.09. The number of nitrogens with zero attached hydrogens (tertiary/aromatic N) is 1.